The minimum atomic E-state index is -3.75. The van der Waals surface area contributed by atoms with Crippen LogP contribution < -0.4 is 0 Å². The molecule has 1 atom stereocenters. The van der Waals surface area contributed by atoms with E-state index >= 15 is 0 Å². The summed E-state index contributed by atoms with van der Waals surface area (Å²) in [6, 6.07) is 0. The number of carbonyl (C=O) groups is 1. The zero-order chi connectivity index (χ0) is 18.3. The van der Waals surface area contributed by atoms with Crippen molar-refractivity contribution in [1.82, 2.24) is 0 Å². The minimum Gasteiger partial charge on any atom is -0.346 e. The topological polar surface area (TPSA) is 60.4 Å². The fourth-order valence-electron chi connectivity index (χ4n) is 2.96. The Kier molecular flexibility index (Phi) is 14.4. The molecule has 0 bridgehead atoms. The smallest absolute Gasteiger partial charge is 0.319 e. The van der Waals surface area contributed by atoms with Crippen LogP contribution in [0, 0.1) is 0 Å². The second-order valence-corrected chi connectivity index (χ2v) is 8.62. The lowest BCUT2D eigenvalue weighted by atomic mass is 10.0. The molecule has 144 valence electrons. The second kappa shape index (κ2) is 14.7. The van der Waals surface area contributed by atoms with Crippen LogP contribution in [0.4, 0.5) is 0 Å². The number of unbranched alkanes of at least 4 members (excludes halogenated alkanes) is 10. The van der Waals surface area contributed by atoms with Gasteiger partial charge in [-0.2, -0.15) is 8.42 Å². The maximum Gasteiger partial charge on any atom is 0.319 e. The molecule has 5 heteroatoms. The lowest BCUT2D eigenvalue weighted by Gasteiger charge is -2.16. The van der Waals surface area contributed by atoms with E-state index < -0.39 is 21.3 Å². The molecular weight excluding hydrogens is 324 g/mol. The first-order valence-electron chi connectivity index (χ1n) is 9.87. The van der Waals surface area contributed by atoms with Crippen molar-refractivity contribution in [2.45, 2.75) is 116 Å². The van der Waals surface area contributed by atoms with Gasteiger partial charge in [0.15, 0.2) is 0 Å². The highest BCUT2D eigenvalue weighted by atomic mass is 32.2. The summed E-state index contributed by atoms with van der Waals surface area (Å²) in [6.45, 7) is 5.42. The van der Waals surface area contributed by atoms with Gasteiger partial charge in [-0.3, -0.25) is 4.79 Å². The average Bonchev–Trinajstić information content (AvgIpc) is 2.50. The highest BCUT2D eigenvalue weighted by Crippen LogP contribution is 2.20. The van der Waals surface area contributed by atoms with Gasteiger partial charge in [0.1, 0.15) is 0 Å². The number of rotatable bonds is 16. The number of carbonyl (C=O) groups excluding carboxylic acids is 1. The van der Waals surface area contributed by atoms with Crippen LogP contribution in [0.2, 0.25) is 0 Å². The summed E-state index contributed by atoms with van der Waals surface area (Å²) >= 11 is 0. The van der Waals surface area contributed by atoms with Gasteiger partial charge < -0.3 is 4.18 Å². The van der Waals surface area contributed by atoms with E-state index in [1.54, 1.807) is 0 Å². The molecule has 4 nitrogen and oxygen atoms in total. The Balaban J connectivity index is 3.93. The summed E-state index contributed by atoms with van der Waals surface area (Å²) < 4.78 is 28.8. The van der Waals surface area contributed by atoms with Crippen molar-refractivity contribution < 1.29 is 17.4 Å². The van der Waals surface area contributed by atoms with Crippen LogP contribution in [0.3, 0.4) is 0 Å². The van der Waals surface area contributed by atoms with Crippen molar-refractivity contribution in [3.8, 4) is 0 Å². The lowest BCUT2D eigenvalue weighted by molar-refractivity contribution is -0.131. The van der Waals surface area contributed by atoms with Crippen LogP contribution in [-0.4, -0.2) is 19.6 Å². The molecule has 0 aromatic rings. The fourth-order valence-corrected chi connectivity index (χ4v) is 4.33. The normalized spacial score (nSPS) is 13.0. The van der Waals surface area contributed by atoms with Gasteiger partial charge in [0.05, 0.1) is 5.25 Å². The highest BCUT2D eigenvalue weighted by Gasteiger charge is 2.27. The Morgan fingerprint density at radius 1 is 0.750 bits per heavy atom. The van der Waals surface area contributed by atoms with Crippen molar-refractivity contribution >= 4 is 16.1 Å². The Hall–Kier alpha value is -0.580. The molecule has 0 saturated carbocycles. The molecule has 0 fully saturated rings. The van der Waals surface area contributed by atoms with E-state index in [0.717, 1.165) is 32.6 Å². The molecule has 0 aliphatic heterocycles. The lowest BCUT2D eigenvalue weighted by Crippen LogP contribution is -2.25. The van der Waals surface area contributed by atoms with Crippen LogP contribution in [-0.2, 0) is 19.1 Å². The number of hydrogen-bond acceptors (Lipinski definition) is 4. The standard InChI is InChI=1S/C19H38O4S/c1-4-6-8-9-10-11-12-13-14-15-17-19(16-7-5-2)24(21,22)23-18(3)20/h19H,4-17H2,1-3H3. The zero-order valence-corrected chi connectivity index (χ0v) is 16.8. The van der Waals surface area contributed by atoms with Crippen molar-refractivity contribution in [1.29, 1.82) is 0 Å². The molecule has 0 aliphatic rings. The third-order valence-corrected chi connectivity index (χ3v) is 6.16. The summed E-state index contributed by atoms with van der Waals surface area (Å²) in [7, 11) is -3.75. The molecule has 0 spiro atoms. The predicted octanol–water partition coefficient (Wildman–Crippen LogP) is 5.75. The first-order valence-corrected chi connectivity index (χ1v) is 11.3. The van der Waals surface area contributed by atoms with Crippen molar-refractivity contribution in [3.63, 3.8) is 0 Å². The Morgan fingerprint density at radius 2 is 1.17 bits per heavy atom. The molecule has 0 aliphatic carbocycles. The van der Waals surface area contributed by atoms with Crippen molar-refractivity contribution in [2.24, 2.45) is 0 Å². The van der Waals surface area contributed by atoms with Gasteiger partial charge in [-0.05, 0) is 12.8 Å². The maximum absolute atomic E-state index is 12.1. The molecule has 0 amide bonds. The Bertz CT molecular complexity index is 404. The quantitative estimate of drug-likeness (QED) is 0.259. The predicted molar refractivity (Wildman–Crippen MR) is 100 cm³/mol. The van der Waals surface area contributed by atoms with Crippen molar-refractivity contribution in [3.05, 3.63) is 0 Å². The zero-order valence-electron chi connectivity index (χ0n) is 16.0. The van der Waals surface area contributed by atoms with E-state index in [1.165, 1.54) is 51.4 Å². The van der Waals surface area contributed by atoms with Crippen LogP contribution in [0.25, 0.3) is 0 Å². The van der Waals surface area contributed by atoms with Crippen LogP contribution in [0.15, 0.2) is 0 Å². The minimum absolute atomic E-state index is 0.532. The first kappa shape index (κ1) is 23.4. The third-order valence-electron chi connectivity index (χ3n) is 4.40. The van der Waals surface area contributed by atoms with Gasteiger partial charge in [-0.15, -0.1) is 0 Å². The largest absolute Gasteiger partial charge is 0.346 e. The summed E-state index contributed by atoms with van der Waals surface area (Å²) in [5.74, 6) is -0.737. The van der Waals surface area contributed by atoms with E-state index in [1.807, 2.05) is 6.92 Å². The number of hydrogen-bond donors (Lipinski definition) is 0. The molecule has 1 unspecified atom stereocenters. The SMILES string of the molecule is CCCCCCCCCCCCC(CCCC)S(=O)(=O)OC(C)=O. The van der Waals surface area contributed by atoms with Gasteiger partial charge in [-0.25, -0.2) is 0 Å². The van der Waals surface area contributed by atoms with E-state index in [2.05, 4.69) is 11.1 Å². The summed E-state index contributed by atoms with van der Waals surface area (Å²) in [6.07, 6.45) is 15.3. The Morgan fingerprint density at radius 3 is 1.62 bits per heavy atom. The van der Waals surface area contributed by atoms with Gasteiger partial charge in [0.25, 0.3) is 0 Å². The van der Waals surface area contributed by atoms with Gasteiger partial charge >= 0.3 is 16.1 Å². The van der Waals surface area contributed by atoms with E-state index in [-0.39, 0.29) is 0 Å². The third kappa shape index (κ3) is 12.8. The van der Waals surface area contributed by atoms with Gasteiger partial charge in [0.2, 0.25) is 0 Å². The van der Waals surface area contributed by atoms with Gasteiger partial charge in [0, 0.05) is 6.92 Å². The summed E-state index contributed by atoms with van der Waals surface area (Å²) in [4.78, 5) is 11.0. The fraction of sp³-hybridized carbons (Fsp3) is 0.947. The maximum atomic E-state index is 12.1. The Labute approximate surface area is 149 Å². The van der Waals surface area contributed by atoms with E-state index in [9.17, 15) is 13.2 Å². The monoisotopic (exact) mass is 362 g/mol. The molecule has 0 N–H and O–H groups in total. The molecule has 24 heavy (non-hydrogen) atoms. The summed E-state index contributed by atoms with van der Waals surface area (Å²) in [5.41, 5.74) is 0. The first-order chi connectivity index (χ1) is 11.4. The van der Waals surface area contributed by atoms with Gasteiger partial charge in [-0.1, -0.05) is 90.9 Å². The van der Waals surface area contributed by atoms with Crippen LogP contribution in [0.1, 0.15) is 111 Å². The molecule has 0 saturated heterocycles. The van der Waals surface area contributed by atoms with Crippen LogP contribution >= 0.6 is 0 Å². The van der Waals surface area contributed by atoms with E-state index in [0.29, 0.717) is 12.8 Å². The average molecular weight is 363 g/mol. The highest BCUT2D eigenvalue weighted by molar-refractivity contribution is 7.87. The molecule has 0 heterocycles. The summed E-state index contributed by atoms with van der Waals surface area (Å²) in [5, 5.41) is -0.532. The molecule has 0 aromatic carbocycles. The molecule has 0 radical (unpaired) electrons. The van der Waals surface area contributed by atoms with E-state index in [4.69, 9.17) is 0 Å². The molecule has 0 aromatic heterocycles. The van der Waals surface area contributed by atoms with Crippen LogP contribution in [0.5, 0.6) is 0 Å². The molecule has 0 rings (SSSR count). The van der Waals surface area contributed by atoms with Crippen molar-refractivity contribution in [2.75, 3.05) is 0 Å². The molecular formula is C19H38O4S. The second-order valence-electron chi connectivity index (χ2n) is 6.80.